The average Bonchev–Trinajstić information content (AvgIpc) is 3.17. The number of ether oxygens (including phenoxy) is 6. The van der Waals surface area contributed by atoms with Gasteiger partial charge in [0.15, 0.2) is 5.78 Å². The molecule has 1 unspecified atom stereocenters. The lowest BCUT2D eigenvalue weighted by Crippen LogP contribution is -2.53. The summed E-state index contributed by atoms with van der Waals surface area (Å²) in [6, 6.07) is 9.46. The van der Waals surface area contributed by atoms with Gasteiger partial charge in [-0.15, -0.1) is 0 Å². The number of rotatable bonds is 22. The molecule has 0 radical (unpaired) electrons. The van der Waals surface area contributed by atoms with Gasteiger partial charge >= 0.3 is 12.2 Å². The maximum Gasteiger partial charge on any atom is 0.407 e. The minimum Gasteiger partial charge on any atom is -0.491 e. The first-order valence-electron chi connectivity index (χ1n) is 20.3. The molecular formula is C44H68F2N4O12. The number of halogens is 2. The molecule has 5 N–H and O–H groups in total. The van der Waals surface area contributed by atoms with Crippen LogP contribution in [0, 0.1) is 11.6 Å². The highest BCUT2D eigenvalue weighted by atomic mass is 19.1. The Morgan fingerprint density at radius 1 is 0.645 bits per heavy atom. The zero-order chi connectivity index (χ0) is 47.3. The van der Waals surface area contributed by atoms with E-state index in [2.05, 4.69) is 21.3 Å². The first-order valence-corrected chi connectivity index (χ1v) is 20.3. The van der Waals surface area contributed by atoms with E-state index in [1.54, 1.807) is 75.3 Å². The third-order valence-corrected chi connectivity index (χ3v) is 8.68. The molecule has 0 bridgehead atoms. The summed E-state index contributed by atoms with van der Waals surface area (Å²) in [4.78, 5) is 61.1. The smallest absolute Gasteiger partial charge is 0.407 e. The molecule has 2 rings (SSSR count). The summed E-state index contributed by atoms with van der Waals surface area (Å²) in [6.45, 7) is 17.0. The van der Waals surface area contributed by atoms with Crippen LogP contribution in [-0.2, 0) is 33.3 Å². The number of Topliss-reactive ketones (excluding diaryl/α,β-unsaturated/α-hetero) is 1. The van der Waals surface area contributed by atoms with E-state index < -0.39 is 76.2 Å². The molecule has 0 aliphatic carbocycles. The summed E-state index contributed by atoms with van der Waals surface area (Å²) in [6.07, 6.45) is -0.682. The van der Waals surface area contributed by atoms with Crippen LogP contribution in [0.15, 0.2) is 48.5 Å². The van der Waals surface area contributed by atoms with E-state index in [0.717, 1.165) is 0 Å². The van der Waals surface area contributed by atoms with Crippen molar-refractivity contribution in [2.24, 2.45) is 0 Å². The Morgan fingerprint density at radius 3 is 1.52 bits per heavy atom. The second kappa shape index (κ2) is 25.8. The number of carbonyl (C=O) groups excluding carboxylic acids is 5. The third kappa shape index (κ3) is 23.2. The number of aliphatic hydroxyl groups is 1. The van der Waals surface area contributed by atoms with Crippen LogP contribution in [0.1, 0.15) is 94.9 Å². The molecule has 0 saturated carbocycles. The molecule has 18 heteroatoms. The van der Waals surface area contributed by atoms with Crippen LogP contribution < -0.4 is 30.7 Å². The van der Waals surface area contributed by atoms with E-state index in [4.69, 9.17) is 28.4 Å². The van der Waals surface area contributed by atoms with Crippen molar-refractivity contribution in [3.05, 3.63) is 60.2 Å². The lowest BCUT2D eigenvalue weighted by molar-refractivity contribution is -0.142. The second-order valence-electron chi connectivity index (χ2n) is 17.2. The lowest BCUT2D eigenvalue weighted by atomic mass is 10.0. The maximum absolute atomic E-state index is 13.3. The van der Waals surface area contributed by atoms with Gasteiger partial charge in [-0.3, -0.25) is 14.4 Å². The minimum atomic E-state index is -1.13. The lowest BCUT2D eigenvalue weighted by Gasteiger charge is -2.29. The van der Waals surface area contributed by atoms with Crippen molar-refractivity contribution in [3.8, 4) is 11.5 Å². The number of methoxy groups -OCH3 is 2. The van der Waals surface area contributed by atoms with Gasteiger partial charge < -0.3 is 54.8 Å². The Balaban J connectivity index is 0.000000620. The number of carbonyl (C=O) groups is 5. The van der Waals surface area contributed by atoms with E-state index in [-0.39, 0.29) is 43.5 Å². The van der Waals surface area contributed by atoms with Crippen LogP contribution >= 0.6 is 0 Å². The highest BCUT2D eigenvalue weighted by Crippen LogP contribution is 2.17. The van der Waals surface area contributed by atoms with E-state index in [1.165, 1.54) is 56.7 Å². The van der Waals surface area contributed by atoms with Crippen LogP contribution in [0.4, 0.5) is 18.4 Å². The number of benzene rings is 2. The van der Waals surface area contributed by atoms with Crippen LogP contribution in [0.5, 0.6) is 11.5 Å². The Hall–Kier alpha value is -5.07. The molecule has 0 aromatic heterocycles. The maximum atomic E-state index is 13.3. The molecule has 0 heterocycles. The van der Waals surface area contributed by atoms with E-state index >= 15 is 0 Å². The van der Waals surface area contributed by atoms with Crippen molar-refractivity contribution in [1.29, 1.82) is 0 Å². The van der Waals surface area contributed by atoms with Gasteiger partial charge in [0.1, 0.15) is 64.9 Å². The Bertz CT molecular complexity index is 1730. The Kier molecular flexibility index (Phi) is 22.8. The van der Waals surface area contributed by atoms with Gasteiger partial charge in [0, 0.05) is 39.4 Å². The number of amides is 4. The van der Waals surface area contributed by atoms with Crippen molar-refractivity contribution < 1.29 is 66.3 Å². The van der Waals surface area contributed by atoms with Gasteiger partial charge in [-0.05, 0) is 119 Å². The fourth-order valence-corrected chi connectivity index (χ4v) is 4.84. The molecular weight excluding hydrogens is 814 g/mol. The summed E-state index contributed by atoms with van der Waals surface area (Å²) >= 11 is 0. The van der Waals surface area contributed by atoms with Gasteiger partial charge in [0.05, 0.1) is 12.1 Å². The van der Waals surface area contributed by atoms with Crippen molar-refractivity contribution in [2.45, 2.75) is 136 Å². The first-order chi connectivity index (χ1) is 28.7. The molecule has 2 aromatic carbocycles. The summed E-state index contributed by atoms with van der Waals surface area (Å²) in [5.74, 6) is -1.70. The Labute approximate surface area is 364 Å². The normalized spacial score (nSPS) is 13.2. The number of nitrogens with one attached hydrogen (secondary N) is 4. The molecule has 0 aliphatic heterocycles. The van der Waals surface area contributed by atoms with Gasteiger partial charge in [0.2, 0.25) is 0 Å². The van der Waals surface area contributed by atoms with E-state index in [9.17, 15) is 37.9 Å². The summed E-state index contributed by atoms with van der Waals surface area (Å²) in [5, 5.41) is 21.3. The zero-order valence-electron chi connectivity index (χ0n) is 38.2. The third-order valence-electron chi connectivity index (χ3n) is 8.68. The van der Waals surface area contributed by atoms with Crippen molar-refractivity contribution in [1.82, 2.24) is 21.3 Å². The van der Waals surface area contributed by atoms with Crippen molar-refractivity contribution in [3.63, 3.8) is 0 Å². The highest BCUT2D eigenvalue weighted by Gasteiger charge is 2.33. The monoisotopic (exact) mass is 882 g/mol. The van der Waals surface area contributed by atoms with E-state index in [0.29, 0.717) is 25.8 Å². The van der Waals surface area contributed by atoms with Gasteiger partial charge in [0.25, 0.3) is 11.8 Å². The van der Waals surface area contributed by atoms with Crippen LogP contribution in [-0.4, -0.2) is 116 Å². The molecule has 16 nitrogen and oxygen atoms in total. The van der Waals surface area contributed by atoms with Crippen LogP contribution in [0.25, 0.3) is 0 Å². The largest absolute Gasteiger partial charge is 0.491 e. The minimum absolute atomic E-state index is 0.151. The van der Waals surface area contributed by atoms with Gasteiger partial charge in [-0.1, -0.05) is 12.1 Å². The number of hydrogen-bond acceptors (Lipinski definition) is 12. The quantitative estimate of drug-likeness (QED) is 0.0894. The molecule has 0 spiro atoms. The van der Waals surface area contributed by atoms with Gasteiger partial charge in [-0.25, -0.2) is 18.4 Å². The fourth-order valence-electron chi connectivity index (χ4n) is 4.84. The average molecular weight is 883 g/mol. The zero-order valence-corrected chi connectivity index (χ0v) is 38.2. The molecule has 4 amide bonds. The molecule has 350 valence electrons. The summed E-state index contributed by atoms with van der Waals surface area (Å²) in [7, 11) is 2.82. The predicted octanol–water partition coefficient (Wildman–Crippen LogP) is 5.77. The first kappa shape index (κ1) is 54.9. The molecule has 3 atom stereocenters. The molecule has 0 saturated heterocycles. The Morgan fingerprint density at radius 2 is 1.08 bits per heavy atom. The topological polar surface area (TPSA) is 209 Å². The highest BCUT2D eigenvalue weighted by molar-refractivity contribution is 5.92. The SMILES string of the molecule is COC(C)(C)C(=O)N[C@@H](CCCNC(=O)OC(C)(C)C)C(=O)COc1cccc(F)c1.COC(C)(C)C(=O)N[C@@H](CCCNC(=O)OC(C)(C)C)C(O)COc1cccc(F)c1. The second-order valence-corrected chi connectivity index (χ2v) is 17.2. The van der Waals surface area contributed by atoms with Crippen molar-refractivity contribution >= 4 is 29.8 Å². The van der Waals surface area contributed by atoms with Crippen LogP contribution in [0.3, 0.4) is 0 Å². The molecule has 62 heavy (non-hydrogen) atoms. The summed E-state index contributed by atoms with van der Waals surface area (Å²) in [5.41, 5.74) is -3.43. The number of hydrogen-bond donors (Lipinski definition) is 5. The molecule has 2 aromatic rings. The molecule has 0 aliphatic rings. The summed E-state index contributed by atoms with van der Waals surface area (Å²) < 4.78 is 58.1. The van der Waals surface area contributed by atoms with Crippen LogP contribution in [0.2, 0.25) is 0 Å². The van der Waals surface area contributed by atoms with E-state index in [1.807, 2.05) is 0 Å². The van der Waals surface area contributed by atoms with Gasteiger partial charge in [-0.2, -0.15) is 0 Å². The predicted molar refractivity (Wildman–Crippen MR) is 228 cm³/mol. The fraction of sp³-hybridized carbons (Fsp3) is 0.614. The standard InChI is InChI=1S/C22H35FN2O6.C22H33FN2O6/c2*1-21(2,3)31-20(28)24-12-8-11-17(25-19(27)22(4,5)29-6)18(26)14-30-16-10-7-9-15(23)13-16/h7,9-10,13,17-18,26H,8,11-12,14H2,1-6H3,(H,24,28)(H,25,27);7,9-10,13,17H,8,11-12,14H2,1-6H3,(H,24,28)(H,25,27)/t17-,18?;17-/m00/s1. The number of aliphatic hydroxyl groups excluding tert-OH is 1. The number of alkyl carbamates (subject to hydrolysis) is 2. The van der Waals surface area contributed by atoms with Crippen molar-refractivity contribution in [2.75, 3.05) is 40.5 Å². The molecule has 0 fully saturated rings. The number of ketones is 1.